The van der Waals surface area contributed by atoms with Crippen LogP contribution in [0.25, 0.3) is 0 Å². The van der Waals surface area contributed by atoms with Gasteiger partial charge in [0.15, 0.2) is 0 Å². The van der Waals surface area contributed by atoms with Gasteiger partial charge in [0, 0.05) is 23.5 Å². The average Bonchev–Trinajstić information content (AvgIpc) is 2.56. The van der Waals surface area contributed by atoms with Gasteiger partial charge in [0.2, 0.25) is 0 Å². The van der Waals surface area contributed by atoms with E-state index in [0.717, 1.165) is 11.4 Å². The summed E-state index contributed by atoms with van der Waals surface area (Å²) < 4.78 is 0. The number of carbonyl (C=O) groups excluding carboxylic acids is 1. The molecule has 3 N–H and O–H groups in total. The Bertz CT molecular complexity index is 632. The van der Waals surface area contributed by atoms with E-state index in [-0.39, 0.29) is 12.3 Å². The van der Waals surface area contributed by atoms with Gasteiger partial charge < -0.3 is 10.3 Å². The number of hydrogen-bond acceptors (Lipinski definition) is 4. The van der Waals surface area contributed by atoms with Crippen molar-refractivity contribution in [2.45, 2.75) is 6.42 Å². The Hall–Kier alpha value is -2.84. The van der Waals surface area contributed by atoms with E-state index in [1.807, 2.05) is 30.3 Å². The minimum Gasteiger partial charge on any atom is -0.324 e. The number of nitrogens with two attached hydrogens (primary N) is 1. The van der Waals surface area contributed by atoms with Crippen LogP contribution in [0.5, 0.6) is 0 Å². The third-order valence-electron chi connectivity index (χ3n) is 3.06. The van der Waals surface area contributed by atoms with Crippen LogP contribution in [0.4, 0.5) is 11.4 Å². The van der Waals surface area contributed by atoms with Gasteiger partial charge in [-0.25, -0.2) is 0 Å². The van der Waals surface area contributed by atoms with Gasteiger partial charge >= 0.3 is 0 Å². The molecule has 0 saturated carbocycles. The zero-order valence-electron chi connectivity index (χ0n) is 11.5. The molecule has 0 saturated heterocycles. The molecule has 0 heterocycles. The molecule has 5 heteroatoms. The summed E-state index contributed by atoms with van der Waals surface area (Å²) in [6, 6.07) is 18.3. The van der Waals surface area contributed by atoms with Crippen LogP contribution in [0.1, 0.15) is 16.8 Å². The summed E-state index contributed by atoms with van der Waals surface area (Å²) in [4.78, 5) is 14.2. The summed E-state index contributed by atoms with van der Waals surface area (Å²) in [6.07, 6.45) is 0.281. The topological polar surface area (TPSA) is 82.2 Å². The fraction of sp³-hybridized carbons (Fsp3) is 0.125. The zero-order valence-corrected chi connectivity index (χ0v) is 11.5. The maximum Gasteiger partial charge on any atom is 0.258 e. The summed E-state index contributed by atoms with van der Waals surface area (Å²) in [5.41, 5.74) is 4.58. The summed E-state index contributed by atoms with van der Waals surface area (Å²) in [5.74, 6) is 5.17. The lowest BCUT2D eigenvalue weighted by Gasteiger charge is -2.22. The fourth-order valence-electron chi connectivity index (χ4n) is 1.98. The number of benzene rings is 2. The van der Waals surface area contributed by atoms with Gasteiger partial charge in [-0.05, 0) is 36.4 Å². The highest BCUT2D eigenvalue weighted by Gasteiger charge is 2.17. The first-order valence-corrected chi connectivity index (χ1v) is 6.57. The van der Waals surface area contributed by atoms with Gasteiger partial charge in [-0.15, -0.1) is 0 Å². The Balaban J connectivity index is 2.27. The summed E-state index contributed by atoms with van der Waals surface area (Å²) >= 11 is 0. The molecule has 0 aliphatic carbocycles. The van der Waals surface area contributed by atoms with Crippen molar-refractivity contribution in [2.75, 3.05) is 16.9 Å². The Morgan fingerprint density at radius 3 is 2.38 bits per heavy atom. The lowest BCUT2D eigenvalue weighted by atomic mass is 10.1. The standard InChI is InChI=1S/C16H16N4O/c17-11-4-12-20(15-5-2-1-3-6-15)16(21)13-7-9-14(19-18)10-8-13/h1-3,5-10,19H,4,12,18H2. The first-order valence-electron chi connectivity index (χ1n) is 6.57. The first-order chi connectivity index (χ1) is 10.3. The Morgan fingerprint density at radius 2 is 1.81 bits per heavy atom. The third kappa shape index (κ3) is 3.59. The molecule has 0 aromatic heterocycles. The minimum atomic E-state index is -0.139. The molecule has 2 aromatic carbocycles. The maximum atomic E-state index is 12.6. The molecular formula is C16H16N4O. The van der Waals surface area contributed by atoms with Gasteiger partial charge in [0.05, 0.1) is 12.5 Å². The number of nitrogen functional groups attached to an aromatic ring is 1. The van der Waals surface area contributed by atoms with Crippen molar-refractivity contribution in [1.82, 2.24) is 0 Å². The maximum absolute atomic E-state index is 12.6. The smallest absolute Gasteiger partial charge is 0.258 e. The number of nitrogens with one attached hydrogen (secondary N) is 1. The minimum absolute atomic E-state index is 0.139. The molecule has 0 fully saturated rings. The van der Waals surface area contributed by atoms with Crippen molar-refractivity contribution >= 4 is 17.3 Å². The molecule has 21 heavy (non-hydrogen) atoms. The van der Waals surface area contributed by atoms with E-state index in [1.165, 1.54) is 0 Å². The van der Waals surface area contributed by atoms with E-state index in [1.54, 1.807) is 29.2 Å². The Morgan fingerprint density at radius 1 is 1.14 bits per heavy atom. The molecule has 106 valence electrons. The van der Waals surface area contributed by atoms with Gasteiger partial charge in [-0.1, -0.05) is 18.2 Å². The number of nitrogens with zero attached hydrogens (tertiary/aromatic N) is 2. The molecule has 5 nitrogen and oxygen atoms in total. The predicted octanol–water partition coefficient (Wildman–Crippen LogP) is 2.53. The highest BCUT2D eigenvalue weighted by atomic mass is 16.2. The molecule has 0 aliphatic heterocycles. The van der Waals surface area contributed by atoms with E-state index in [2.05, 4.69) is 11.5 Å². The number of para-hydroxylation sites is 1. The second-order valence-corrected chi connectivity index (χ2v) is 4.42. The molecule has 0 atom stereocenters. The number of anilines is 2. The molecule has 0 bridgehead atoms. The summed E-state index contributed by atoms with van der Waals surface area (Å²) in [6.45, 7) is 0.357. The molecule has 0 unspecified atom stereocenters. The zero-order chi connectivity index (χ0) is 15.1. The Kier molecular flexibility index (Phi) is 4.91. The number of amides is 1. The van der Waals surface area contributed by atoms with E-state index < -0.39 is 0 Å². The largest absolute Gasteiger partial charge is 0.324 e. The van der Waals surface area contributed by atoms with Crippen molar-refractivity contribution in [1.29, 1.82) is 5.26 Å². The van der Waals surface area contributed by atoms with Gasteiger partial charge in [0.25, 0.3) is 5.91 Å². The van der Waals surface area contributed by atoms with Crippen molar-refractivity contribution in [3.05, 3.63) is 60.2 Å². The quantitative estimate of drug-likeness (QED) is 0.651. The van der Waals surface area contributed by atoms with Crippen molar-refractivity contribution < 1.29 is 4.79 Å². The highest BCUT2D eigenvalue weighted by Crippen LogP contribution is 2.18. The summed E-state index contributed by atoms with van der Waals surface area (Å²) in [7, 11) is 0. The van der Waals surface area contributed by atoms with Crippen LogP contribution in [-0.4, -0.2) is 12.5 Å². The lowest BCUT2D eigenvalue weighted by Crippen LogP contribution is -2.31. The van der Waals surface area contributed by atoms with Crippen LogP contribution in [-0.2, 0) is 0 Å². The highest BCUT2D eigenvalue weighted by molar-refractivity contribution is 6.06. The monoisotopic (exact) mass is 280 g/mol. The van der Waals surface area contributed by atoms with Crippen LogP contribution >= 0.6 is 0 Å². The van der Waals surface area contributed by atoms with E-state index >= 15 is 0 Å². The SMILES string of the molecule is N#CCCN(C(=O)c1ccc(NN)cc1)c1ccccc1. The molecule has 0 radical (unpaired) electrons. The second kappa shape index (κ2) is 7.08. The van der Waals surface area contributed by atoms with Crippen LogP contribution < -0.4 is 16.2 Å². The van der Waals surface area contributed by atoms with Crippen LogP contribution in [0, 0.1) is 11.3 Å². The van der Waals surface area contributed by atoms with Gasteiger partial charge in [0.1, 0.15) is 0 Å². The Labute approximate surface area is 123 Å². The normalized spacial score (nSPS) is 9.71. The second-order valence-electron chi connectivity index (χ2n) is 4.42. The van der Waals surface area contributed by atoms with Crippen LogP contribution in [0.3, 0.4) is 0 Å². The number of rotatable bonds is 5. The fourth-order valence-corrected chi connectivity index (χ4v) is 1.98. The average molecular weight is 280 g/mol. The predicted molar refractivity (Wildman–Crippen MR) is 82.6 cm³/mol. The third-order valence-corrected chi connectivity index (χ3v) is 3.06. The van der Waals surface area contributed by atoms with E-state index in [0.29, 0.717) is 12.1 Å². The van der Waals surface area contributed by atoms with Gasteiger partial charge in [-0.2, -0.15) is 5.26 Å². The molecule has 2 aromatic rings. The molecule has 2 rings (SSSR count). The number of carbonyl (C=O) groups is 1. The number of nitriles is 1. The van der Waals surface area contributed by atoms with Crippen LogP contribution in [0.15, 0.2) is 54.6 Å². The molecule has 0 spiro atoms. The van der Waals surface area contributed by atoms with E-state index in [9.17, 15) is 4.79 Å². The molecule has 1 amide bonds. The van der Waals surface area contributed by atoms with Gasteiger partial charge in [-0.3, -0.25) is 10.6 Å². The lowest BCUT2D eigenvalue weighted by molar-refractivity contribution is 0.0987. The summed E-state index contributed by atoms with van der Waals surface area (Å²) in [5, 5.41) is 8.77. The van der Waals surface area contributed by atoms with Crippen molar-refractivity contribution in [3.63, 3.8) is 0 Å². The molecular weight excluding hydrogens is 264 g/mol. The number of hydrazine groups is 1. The number of hydrogen-bond donors (Lipinski definition) is 2. The van der Waals surface area contributed by atoms with Crippen LogP contribution in [0.2, 0.25) is 0 Å². The van der Waals surface area contributed by atoms with E-state index in [4.69, 9.17) is 11.1 Å². The van der Waals surface area contributed by atoms with Crippen molar-refractivity contribution in [2.24, 2.45) is 5.84 Å². The first kappa shape index (κ1) is 14.6. The van der Waals surface area contributed by atoms with Crippen molar-refractivity contribution in [3.8, 4) is 6.07 Å². The molecule has 0 aliphatic rings.